The number of aromatic carboxylic acids is 1. The topological polar surface area (TPSA) is 84.2 Å². The van der Waals surface area contributed by atoms with Crippen LogP contribution in [0.25, 0.3) is 0 Å². The number of amides is 1. The summed E-state index contributed by atoms with van der Waals surface area (Å²) < 4.78 is 1.74. The highest BCUT2D eigenvalue weighted by Crippen LogP contribution is 2.41. The predicted molar refractivity (Wildman–Crippen MR) is 81.3 cm³/mol. The molecule has 0 saturated heterocycles. The third-order valence-electron chi connectivity index (χ3n) is 3.93. The van der Waals surface area contributed by atoms with Crippen molar-refractivity contribution in [3.8, 4) is 0 Å². The number of rotatable bonds is 4. The first-order valence-electron chi connectivity index (χ1n) is 7.14. The maximum atomic E-state index is 12.5. The first-order chi connectivity index (χ1) is 10.5. The number of nitrogens with zero attached hydrogens (tertiary/aromatic N) is 2. The van der Waals surface area contributed by atoms with Crippen LogP contribution in [0, 0.1) is 6.92 Å². The van der Waals surface area contributed by atoms with Gasteiger partial charge < -0.3 is 10.4 Å². The first kappa shape index (κ1) is 14.3. The van der Waals surface area contributed by atoms with E-state index in [1.54, 1.807) is 16.9 Å². The van der Waals surface area contributed by atoms with Gasteiger partial charge in [-0.2, -0.15) is 5.10 Å². The Hall–Kier alpha value is -2.63. The van der Waals surface area contributed by atoms with Crippen LogP contribution in [0.4, 0.5) is 5.69 Å². The molecular formula is C16H17N3O3. The molecule has 3 rings (SSSR count). The molecule has 1 fully saturated rings. The monoisotopic (exact) mass is 299 g/mol. The van der Waals surface area contributed by atoms with Crippen molar-refractivity contribution in [3.05, 3.63) is 46.8 Å². The van der Waals surface area contributed by atoms with Gasteiger partial charge in [0.25, 0.3) is 5.91 Å². The van der Waals surface area contributed by atoms with E-state index in [9.17, 15) is 9.59 Å². The van der Waals surface area contributed by atoms with Gasteiger partial charge in [-0.1, -0.05) is 6.07 Å². The van der Waals surface area contributed by atoms with Crippen LogP contribution < -0.4 is 5.32 Å². The fourth-order valence-corrected chi connectivity index (χ4v) is 2.54. The molecule has 2 aromatic rings. The average molecular weight is 299 g/mol. The number of carbonyl (C=O) groups excluding carboxylic acids is 1. The van der Waals surface area contributed by atoms with Crippen molar-refractivity contribution in [2.24, 2.45) is 7.05 Å². The van der Waals surface area contributed by atoms with E-state index >= 15 is 0 Å². The predicted octanol–water partition coefficient (Wildman–Crippen LogP) is 2.56. The molecule has 0 unspecified atom stereocenters. The molecule has 22 heavy (non-hydrogen) atoms. The van der Waals surface area contributed by atoms with Gasteiger partial charge in [0.05, 0.1) is 23.0 Å². The standard InChI is InChI=1S/C16H17N3O3/c1-9-3-4-11(16(21)22)7-13(9)18-15(20)12-8-17-19(2)14(12)10-5-6-10/h3-4,7-8,10H,5-6H2,1-2H3,(H,18,20)(H,21,22). The zero-order valence-corrected chi connectivity index (χ0v) is 12.5. The van der Waals surface area contributed by atoms with Gasteiger partial charge in [-0.15, -0.1) is 0 Å². The molecule has 0 atom stereocenters. The summed E-state index contributed by atoms with van der Waals surface area (Å²) in [7, 11) is 1.83. The third-order valence-corrected chi connectivity index (χ3v) is 3.93. The lowest BCUT2D eigenvalue weighted by Crippen LogP contribution is -2.15. The number of benzene rings is 1. The Morgan fingerprint density at radius 2 is 2.09 bits per heavy atom. The van der Waals surface area contributed by atoms with E-state index in [1.807, 2.05) is 14.0 Å². The maximum absolute atomic E-state index is 12.5. The minimum Gasteiger partial charge on any atom is -0.478 e. The van der Waals surface area contributed by atoms with Crippen molar-refractivity contribution in [1.29, 1.82) is 0 Å². The Labute approximate surface area is 127 Å². The van der Waals surface area contributed by atoms with Gasteiger partial charge >= 0.3 is 5.97 Å². The van der Waals surface area contributed by atoms with Crippen LogP contribution in [-0.2, 0) is 7.05 Å². The van der Waals surface area contributed by atoms with Crippen LogP contribution in [0.1, 0.15) is 50.7 Å². The molecule has 6 heteroatoms. The minimum atomic E-state index is -1.02. The maximum Gasteiger partial charge on any atom is 0.335 e. The summed E-state index contributed by atoms with van der Waals surface area (Å²) in [5, 5.41) is 16.0. The molecule has 1 amide bonds. The number of hydrogen-bond acceptors (Lipinski definition) is 3. The van der Waals surface area contributed by atoms with Crippen molar-refractivity contribution in [2.75, 3.05) is 5.32 Å². The van der Waals surface area contributed by atoms with Crippen molar-refractivity contribution >= 4 is 17.6 Å². The quantitative estimate of drug-likeness (QED) is 0.908. The SMILES string of the molecule is Cc1ccc(C(=O)O)cc1NC(=O)c1cnn(C)c1C1CC1. The number of hydrogen-bond donors (Lipinski definition) is 2. The molecule has 1 aliphatic carbocycles. The number of carboxylic acid groups (broad SMARTS) is 1. The molecule has 1 aliphatic rings. The van der Waals surface area contributed by atoms with Crippen LogP contribution in [0.15, 0.2) is 24.4 Å². The van der Waals surface area contributed by atoms with Crippen molar-refractivity contribution < 1.29 is 14.7 Å². The molecule has 0 radical (unpaired) electrons. The number of aromatic nitrogens is 2. The lowest BCUT2D eigenvalue weighted by atomic mass is 10.1. The Bertz CT molecular complexity index is 760. The number of anilines is 1. The summed E-state index contributed by atoms with van der Waals surface area (Å²) in [6.07, 6.45) is 3.72. The van der Waals surface area contributed by atoms with Crippen LogP contribution in [-0.4, -0.2) is 26.8 Å². The summed E-state index contributed by atoms with van der Waals surface area (Å²) in [5.74, 6) is -0.865. The lowest BCUT2D eigenvalue weighted by Gasteiger charge is -2.10. The number of carboxylic acids is 1. The van der Waals surface area contributed by atoms with Crippen molar-refractivity contribution in [1.82, 2.24) is 9.78 Å². The molecular weight excluding hydrogens is 282 g/mol. The first-order valence-corrected chi connectivity index (χ1v) is 7.14. The van der Waals surface area contributed by atoms with Gasteiger partial charge in [0.2, 0.25) is 0 Å². The largest absolute Gasteiger partial charge is 0.478 e. The summed E-state index contributed by atoms with van der Waals surface area (Å²) in [4.78, 5) is 23.6. The Balaban J connectivity index is 1.89. The fourth-order valence-electron chi connectivity index (χ4n) is 2.54. The second kappa shape index (κ2) is 5.29. The summed E-state index contributed by atoms with van der Waals surface area (Å²) in [6, 6.07) is 4.68. The smallest absolute Gasteiger partial charge is 0.335 e. The second-order valence-electron chi connectivity index (χ2n) is 5.63. The van der Waals surface area contributed by atoms with Crippen LogP contribution in [0.5, 0.6) is 0 Å². The Kier molecular flexibility index (Phi) is 3.44. The minimum absolute atomic E-state index is 0.148. The molecule has 1 saturated carbocycles. The van der Waals surface area contributed by atoms with E-state index in [2.05, 4.69) is 10.4 Å². The molecule has 1 aromatic carbocycles. The van der Waals surface area contributed by atoms with E-state index in [4.69, 9.17) is 5.11 Å². The highest BCUT2D eigenvalue weighted by molar-refractivity contribution is 6.06. The van der Waals surface area contributed by atoms with E-state index in [0.717, 1.165) is 24.1 Å². The molecule has 114 valence electrons. The van der Waals surface area contributed by atoms with Gasteiger partial charge in [0, 0.05) is 18.7 Å². The van der Waals surface area contributed by atoms with Crippen LogP contribution in [0.3, 0.4) is 0 Å². The van der Waals surface area contributed by atoms with Crippen molar-refractivity contribution in [2.45, 2.75) is 25.7 Å². The van der Waals surface area contributed by atoms with E-state index < -0.39 is 5.97 Å². The number of nitrogens with one attached hydrogen (secondary N) is 1. The summed E-state index contributed by atoms with van der Waals surface area (Å²) in [6.45, 7) is 1.83. The van der Waals surface area contributed by atoms with Gasteiger partial charge in [-0.25, -0.2) is 4.79 Å². The third kappa shape index (κ3) is 2.59. The Morgan fingerprint density at radius 1 is 1.36 bits per heavy atom. The molecule has 0 bridgehead atoms. The van der Waals surface area contributed by atoms with Gasteiger partial charge in [-0.05, 0) is 37.5 Å². The van der Waals surface area contributed by atoms with Crippen molar-refractivity contribution in [3.63, 3.8) is 0 Å². The molecule has 1 heterocycles. The fraction of sp³-hybridized carbons (Fsp3) is 0.312. The number of carbonyl (C=O) groups is 2. The highest BCUT2D eigenvalue weighted by atomic mass is 16.4. The van der Waals surface area contributed by atoms with Gasteiger partial charge in [0.1, 0.15) is 0 Å². The zero-order valence-electron chi connectivity index (χ0n) is 12.5. The van der Waals surface area contributed by atoms with Crippen LogP contribution >= 0.6 is 0 Å². The second-order valence-corrected chi connectivity index (χ2v) is 5.63. The van der Waals surface area contributed by atoms with E-state index in [-0.39, 0.29) is 11.5 Å². The normalized spacial score (nSPS) is 13.9. The molecule has 6 nitrogen and oxygen atoms in total. The van der Waals surface area contributed by atoms with Gasteiger partial charge in [-0.3, -0.25) is 9.48 Å². The zero-order chi connectivity index (χ0) is 15.9. The van der Waals surface area contributed by atoms with E-state index in [0.29, 0.717) is 17.2 Å². The van der Waals surface area contributed by atoms with E-state index in [1.165, 1.54) is 12.1 Å². The summed E-state index contributed by atoms with van der Waals surface area (Å²) in [5.41, 5.74) is 2.98. The average Bonchev–Trinajstić information content (AvgIpc) is 3.23. The molecule has 1 aromatic heterocycles. The van der Waals surface area contributed by atoms with Crippen LogP contribution in [0.2, 0.25) is 0 Å². The molecule has 0 aliphatic heterocycles. The van der Waals surface area contributed by atoms with Gasteiger partial charge in [0.15, 0.2) is 0 Å². The molecule has 0 spiro atoms. The Morgan fingerprint density at radius 3 is 2.73 bits per heavy atom. The lowest BCUT2D eigenvalue weighted by molar-refractivity contribution is 0.0696. The molecule has 2 N–H and O–H groups in total. The number of aryl methyl sites for hydroxylation is 2. The highest BCUT2D eigenvalue weighted by Gasteiger charge is 2.31. The summed E-state index contributed by atoms with van der Waals surface area (Å²) >= 11 is 0.